The minimum absolute atomic E-state index is 0. The van der Waals surface area contributed by atoms with E-state index in [0.717, 1.165) is 12.1 Å². The first kappa shape index (κ1) is 17.8. The van der Waals surface area contributed by atoms with Gasteiger partial charge in [-0.25, -0.2) is 14.4 Å². The van der Waals surface area contributed by atoms with E-state index in [0.29, 0.717) is 5.56 Å². The van der Waals surface area contributed by atoms with Gasteiger partial charge in [0.25, 0.3) is 0 Å². The fraction of sp³-hybridized carbons (Fsp3) is 0.0588. The molecule has 0 fully saturated rings. The summed E-state index contributed by atoms with van der Waals surface area (Å²) in [4.78, 5) is 0. The molecule has 2 aromatic carbocycles. The molecule has 136 valence electrons. The molecule has 26 heavy (non-hydrogen) atoms. The zero-order valence-electron chi connectivity index (χ0n) is 13.0. The number of hydrogen-bond donors (Lipinski definition) is 2. The van der Waals surface area contributed by atoms with Gasteiger partial charge in [0.1, 0.15) is 17.2 Å². The highest BCUT2D eigenvalue weighted by atomic mass is 19.4. The lowest BCUT2D eigenvalue weighted by molar-refractivity contribution is -0.137. The molecule has 0 spiro atoms. The van der Waals surface area contributed by atoms with Crippen molar-refractivity contribution in [1.29, 1.82) is 0 Å². The highest BCUT2D eigenvalue weighted by Crippen LogP contribution is 2.38. The first-order chi connectivity index (χ1) is 11.9. The predicted octanol–water partition coefficient (Wildman–Crippen LogP) is 3.52. The third-order valence-electron chi connectivity index (χ3n) is 4.00. The maximum absolute atomic E-state index is 14.2. The van der Waals surface area contributed by atoms with Gasteiger partial charge in [0.15, 0.2) is 0 Å². The van der Waals surface area contributed by atoms with E-state index < -0.39 is 17.6 Å². The highest BCUT2D eigenvalue weighted by molar-refractivity contribution is 5.79. The maximum atomic E-state index is 14.2. The molecular weight excluding hydrogens is 354 g/mol. The van der Waals surface area contributed by atoms with Crippen molar-refractivity contribution in [3.8, 4) is 0 Å². The lowest BCUT2D eigenvalue weighted by Gasteiger charge is -2.27. The number of rotatable bonds is 1. The van der Waals surface area contributed by atoms with Crippen LogP contribution in [0.3, 0.4) is 0 Å². The number of para-hydroxylation sites is 1. The van der Waals surface area contributed by atoms with Gasteiger partial charge in [0.05, 0.1) is 11.3 Å². The van der Waals surface area contributed by atoms with Crippen LogP contribution in [0.5, 0.6) is 0 Å². The van der Waals surface area contributed by atoms with E-state index in [9.17, 15) is 22.7 Å². The molecule has 9 heteroatoms. The van der Waals surface area contributed by atoms with Crippen LogP contribution in [-0.2, 0) is 6.18 Å². The Kier molecular flexibility index (Phi) is 4.13. The van der Waals surface area contributed by atoms with Crippen LogP contribution in [0.2, 0.25) is 0 Å². The Morgan fingerprint density at radius 2 is 1.62 bits per heavy atom. The van der Waals surface area contributed by atoms with E-state index in [4.69, 9.17) is 0 Å². The van der Waals surface area contributed by atoms with Gasteiger partial charge in [-0.2, -0.15) is 13.2 Å². The number of nitrogens with one attached hydrogen (secondary N) is 1. The molecule has 0 amide bonds. The zero-order chi connectivity index (χ0) is 17.8. The summed E-state index contributed by atoms with van der Waals surface area (Å²) in [5.74, 6) is -0.737. The van der Waals surface area contributed by atoms with E-state index in [1.54, 1.807) is 24.3 Å². The second-order valence-corrected chi connectivity index (χ2v) is 5.54. The number of hydrazine groups is 2. The second-order valence-electron chi connectivity index (χ2n) is 5.54. The Hall–Kier alpha value is -3.04. The average Bonchev–Trinajstić information content (AvgIpc) is 2.91. The molecule has 0 unspecified atom stereocenters. The number of aliphatic hydroxyl groups is 1. The van der Waals surface area contributed by atoms with Gasteiger partial charge in [0.2, 0.25) is 5.88 Å². The number of nitrogens with zero attached hydrogens (tertiary/aromatic N) is 2. The van der Waals surface area contributed by atoms with Gasteiger partial charge in [-0.3, -0.25) is 0 Å². The minimum Gasteiger partial charge on any atom is -0.492 e. The summed E-state index contributed by atoms with van der Waals surface area (Å²) in [5, 5.41) is 12.9. The molecular formula is C17H13F4N3O2. The van der Waals surface area contributed by atoms with Gasteiger partial charge in [0, 0.05) is 5.56 Å². The van der Waals surface area contributed by atoms with Crippen LogP contribution in [0.4, 0.5) is 28.9 Å². The predicted molar refractivity (Wildman–Crippen MR) is 88.2 cm³/mol. The summed E-state index contributed by atoms with van der Waals surface area (Å²) < 4.78 is 52.2. The summed E-state index contributed by atoms with van der Waals surface area (Å²) >= 11 is 0. The molecule has 0 atom stereocenters. The molecule has 0 aromatic heterocycles. The molecule has 5 nitrogen and oxygen atoms in total. The molecule has 0 radical (unpaired) electrons. The van der Waals surface area contributed by atoms with Crippen molar-refractivity contribution in [1.82, 2.24) is 5.53 Å². The van der Waals surface area contributed by atoms with Crippen LogP contribution in [0.25, 0.3) is 6.08 Å². The second kappa shape index (κ2) is 6.04. The number of allylic oxidation sites excluding steroid dienone is 1. The van der Waals surface area contributed by atoms with Crippen LogP contribution < -0.4 is 15.6 Å². The monoisotopic (exact) mass is 367 g/mol. The highest BCUT2D eigenvalue weighted by Gasteiger charge is 2.35. The number of anilines is 2. The van der Waals surface area contributed by atoms with E-state index in [1.165, 1.54) is 28.2 Å². The number of alkyl halides is 3. The molecule has 0 bridgehead atoms. The third kappa shape index (κ3) is 2.67. The molecule has 4 rings (SSSR count). The third-order valence-corrected chi connectivity index (χ3v) is 4.00. The smallest absolute Gasteiger partial charge is 0.416 e. The summed E-state index contributed by atoms with van der Waals surface area (Å²) in [7, 11) is 0. The molecule has 0 saturated carbocycles. The lowest BCUT2D eigenvalue weighted by atomic mass is 10.1. The summed E-state index contributed by atoms with van der Waals surface area (Å²) in [6.07, 6.45) is -1.20. The number of benzene rings is 2. The summed E-state index contributed by atoms with van der Waals surface area (Å²) in [6, 6.07) is 8.83. The van der Waals surface area contributed by atoms with Crippen molar-refractivity contribution in [3.05, 3.63) is 77.1 Å². The standard InChI is InChI=1S/C17H11F4N3O.H2O/c18-13-3-1-2-10-4-9-14-16(25)23(22-24(14)15(10)13)12-7-5-11(6-8-12)17(19,20)21;/h1-9,22,25H;1H2. The molecule has 4 N–H and O–H groups in total. The topological polar surface area (TPSA) is 70.2 Å². The lowest BCUT2D eigenvalue weighted by Crippen LogP contribution is -2.42. The van der Waals surface area contributed by atoms with Gasteiger partial charge >= 0.3 is 6.18 Å². The number of halogens is 4. The van der Waals surface area contributed by atoms with Gasteiger partial charge in [-0.15, -0.1) is 5.53 Å². The molecule has 2 aliphatic rings. The first-order valence-corrected chi connectivity index (χ1v) is 7.30. The Labute approximate surface area is 145 Å². The first-order valence-electron chi connectivity index (χ1n) is 7.30. The number of fused-ring (bicyclic) bond motifs is 3. The van der Waals surface area contributed by atoms with Crippen LogP contribution in [0.15, 0.2) is 60.1 Å². The van der Waals surface area contributed by atoms with Crippen molar-refractivity contribution >= 4 is 17.5 Å². The quantitative estimate of drug-likeness (QED) is 0.757. The molecule has 2 aromatic rings. The Morgan fingerprint density at radius 3 is 2.27 bits per heavy atom. The summed E-state index contributed by atoms with van der Waals surface area (Å²) in [5.41, 5.74) is 3.39. The van der Waals surface area contributed by atoms with Crippen molar-refractivity contribution < 1.29 is 28.1 Å². The Bertz CT molecular complexity index is 907. The number of aliphatic hydroxyl groups excluding tert-OH is 1. The Morgan fingerprint density at radius 1 is 0.923 bits per heavy atom. The van der Waals surface area contributed by atoms with Crippen LogP contribution in [0.1, 0.15) is 11.1 Å². The molecule has 2 heterocycles. The number of hydrogen-bond acceptors (Lipinski definition) is 4. The maximum Gasteiger partial charge on any atom is 0.416 e. The van der Waals surface area contributed by atoms with Gasteiger partial charge in [-0.1, -0.05) is 18.2 Å². The van der Waals surface area contributed by atoms with Gasteiger partial charge in [-0.05, 0) is 36.4 Å². The van der Waals surface area contributed by atoms with Crippen molar-refractivity contribution in [3.63, 3.8) is 0 Å². The van der Waals surface area contributed by atoms with Gasteiger partial charge < -0.3 is 10.6 Å². The van der Waals surface area contributed by atoms with Crippen molar-refractivity contribution in [2.75, 3.05) is 10.0 Å². The minimum atomic E-state index is -4.44. The molecule has 2 aliphatic heterocycles. The van der Waals surface area contributed by atoms with Crippen molar-refractivity contribution in [2.24, 2.45) is 0 Å². The van der Waals surface area contributed by atoms with E-state index in [1.807, 2.05) is 0 Å². The van der Waals surface area contributed by atoms with Crippen LogP contribution in [-0.4, -0.2) is 10.6 Å². The molecule has 0 aliphatic carbocycles. The van der Waals surface area contributed by atoms with E-state index >= 15 is 0 Å². The van der Waals surface area contributed by atoms with E-state index in [-0.39, 0.29) is 28.4 Å². The van der Waals surface area contributed by atoms with Crippen LogP contribution >= 0.6 is 0 Å². The fourth-order valence-corrected chi connectivity index (χ4v) is 2.79. The van der Waals surface area contributed by atoms with Crippen molar-refractivity contribution in [2.45, 2.75) is 6.18 Å². The Balaban J connectivity index is 0.00000196. The van der Waals surface area contributed by atoms with E-state index in [2.05, 4.69) is 5.53 Å². The molecule has 0 saturated heterocycles. The largest absolute Gasteiger partial charge is 0.492 e. The summed E-state index contributed by atoms with van der Waals surface area (Å²) in [6.45, 7) is 0. The normalized spacial score (nSPS) is 15.7. The van der Waals surface area contributed by atoms with Crippen LogP contribution in [0, 0.1) is 5.82 Å². The SMILES string of the molecule is O.OC1=C2C=Cc3cccc(F)c3N2NN1c1ccc(C(F)(F)F)cc1. The zero-order valence-corrected chi connectivity index (χ0v) is 13.0. The fourth-order valence-electron chi connectivity index (χ4n) is 2.79. The average molecular weight is 367 g/mol.